The molecule has 4 heteroatoms. The van der Waals surface area contributed by atoms with Crippen LogP contribution in [0.3, 0.4) is 0 Å². The quantitative estimate of drug-likeness (QED) is 0.863. The maximum atomic E-state index is 12.6. The molecule has 0 atom stereocenters. The first-order chi connectivity index (χ1) is 8.64. The Kier molecular flexibility index (Phi) is 3.23. The molecule has 0 saturated heterocycles. The normalized spacial score (nSPS) is 12.9. The SMILES string of the molecule is CC(C)(N)C(C)(C)C(=O)c1cc2cccc(Cl)c2o1. The molecule has 2 rings (SSSR count). The Hall–Kier alpha value is -1.32. The van der Waals surface area contributed by atoms with Gasteiger partial charge in [-0.1, -0.05) is 37.6 Å². The number of carbonyl (C=O) groups is 1. The molecule has 0 aliphatic heterocycles. The molecule has 1 aromatic heterocycles. The van der Waals surface area contributed by atoms with E-state index < -0.39 is 11.0 Å². The molecule has 19 heavy (non-hydrogen) atoms. The van der Waals surface area contributed by atoms with Crippen LogP contribution in [0.2, 0.25) is 5.02 Å². The van der Waals surface area contributed by atoms with Crippen molar-refractivity contribution in [1.82, 2.24) is 0 Å². The van der Waals surface area contributed by atoms with E-state index in [0.29, 0.717) is 16.4 Å². The number of ketones is 1. The van der Waals surface area contributed by atoms with Gasteiger partial charge in [0.05, 0.1) is 5.02 Å². The van der Waals surface area contributed by atoms with E-state index in [9.17, 15) is 4.79 Å². The maximum absolute atomic E-state index is 12.6. The fourth-order valence-corrected chi connectivity index (χ4v) is 1.96. The van der Waals surface area contributed by atoms with Gasteiger partial charge in [-0.15, -0.1) is 0 Å². The van der Waals surface area contributed by atoms with E-state index in [0.717, 1.165) is 5.39 Å². The van der Waals surface area contributed by atoms with Crippen LogP contribution >= 0.6 is 11.6 Å². The van der Waals surface area contributed by atoms with Crippen LogP contribution in [0.4, 0.5) is 0 Å². The minimum atomic E-state index is -0.729. The fourth-order valence-electron chi connectivity index (χ4n) is 1.74. The molecule has 2 aromatic rings. The van der Waals surface area contributed by atoms with Gasteiger partial charge in [0.2, 0.25) is 5.78 Å². The van der Waals surface area contributed by atoms with Gasteiger partial charge >= 0.3 is 0 Å². The van der Waals surface area contributed by atoms with Crippen LogP contribution in [-0.2, 0) is 0 Å². The second-order valence-electron chi connectivity index (χ2n) is 5.94. The van der Waals surface area contributed by atoms with Crippen molar-refractivity contribution >= 4 is 28.4 Å². The van der Waals surface area contributed by atoms with Gasteiger partial charge in [-0.05, 0) is 26.0 Å². The standard InChI is InChI=1S/C15H18ClNO2/c1-14(2,15(3,4)17)13(18)11-8-9-6-5-7-10(16)12(9)19-11/h5-8H,17H2,1-4H3. The summed E-state index contributed by atoms with van der Waals surface area (Å²) in [5.41, 5.74) is 5.25. The number of fused-ring (bicyclic) bond motifs is 1. The predicted molar refractivity (Wildman–Crippen MR) is 77.6 cm³/mol. The van der Waals surface area contributed by atoms with E-state index in [2.05, 4.69) is 0 Å². The lowest BCUT2D eigenvalue weighted by molar-refractivity contribution is 0.0706. The van der Waals surface area contributed by atoms with E-state index in [-0.39, 0.29) is 5.78 Å². The molecule has 0 radical (unpaired) electrons. The fraction of sp³-hybridized carbons (Fsp3) is 0.400. The third-order valence-corrected chi connectivity index (χ3v) is 4.20. The van der Waals surface area contributed by atoms with Crippen LogP contribution in [0.5, 0.6) is 0 Å². The Morgan fingerprint density at radius 1 is 1.26 bits per heavy atom. The highest BCUT2D eigenvalue weighted by Gasteiger charge is 2.42. The summed E-state index contributed by atoms with van der Waals surface area (Å²) in [6.45, 7) is 7.31. The molecule has 2 N–H and O–H groups in total. The van der Waals surface area contributed by atoms with E-state index in [1.165, 1.54) is 0 Å². The van der Waals surface area contributed by atoms with E-state index >= 15 is 0 Å². The highest BCUT2D eigenvalue weighted by atomic mass is 35.5. The summed E-state index contributed by atoms with van der Waals surface area (Å²) >= 11 is 6.05. The summed E-state index contributed by atoms with van der Waals surface area (Å²) in [7, 11) is 0. The lowest BCUT2D eigenvalue weighted by Crippen LogP contribution is -2.51. The van der Waals surface area contributed by atoms with Crippen molar-refractivity contribution in [2.24, 2.45) is 11.1 Å². The number of hydrogen-bond donors (Lipinski definition) is 1. The molecule has 0 aliphatic carbocycles. The Morgan fingerprint density at radius 2 is 1.89 bits per heavy atom. The maximum Gasteiger partial charge on any atom is 0.205 e. The number of carbonyl (C=O) groups excluding carboxylic acids is 1. The summed E-state index contributed by atoms with van der Waals surface area (Å²) in [4.78, 5) is 12.6. The van der Waals surface area contributed by atoms with Crippen molar-refractivity contribution in [3.63, 3.8) is 0 Å². The van der Waals surface area contributed by atoms with Gasteiger partial charge in [0.15, 0.2) is 11.3 Å². The van der Waals surface area contributed by atoms with Crippen molar-refractivity contribution in [3.8, 4) is 0 Å². The Morgan fingerprint density at radius 3 is 2.42 bits per heavy atom. The van der Waals surface area contributed by atoms with Gasteiger partial charge < -0.3 is 10.2 Å². The number of nitrogens with two attached hydrogens (primary N) is 1. The summed E-state index contributed by atoms with van der Waals surface area (Å²) in [5, 5.41) is 1.32. The predicted octanol–water partition coefficient (Wildman–Crippen LogP) is 4.03. The van der Waals surface area contributed by atoms with E-state index in [1.54, 1.807) is 12.1 Å². The van der Waals surface area contributed by atoms with Crippen LogP contribution in [0.25, 0.3) is 11.0 Å². The van der Waals surface area contributed by atoms with Crippen molar-refractivity contribution in [2.75, 3.05) is 0 Å². The number of Topliss-reactive ketones (excluding diaryl/α,β-unsaturated/α-hetero) is 1. The topological polar surface area (TPSA) is 56.2 Å². The molecule has 1 heterocycles. The summed E-state index contributed by atoms with van der Waals surface area (Å²) < 4.78 is 5.61. The van der Waals surface area contributed by atoms with Gasteiger partial charge in [0.25, 0.3) is 0 Å². The second kappa shape index (κ2) is 4.36. The summed E-state index contributed by atoms with van der Waals surface area (Å²) in [5.74, 6) is 0.180. The smallest absolute Gasteiger partial charge is 0.205 e. The van der Waals surface area contributed by atoms with Crippen molar-refractivity contribution < 1.29 is 9.21 Å². The van der Waals surface area contributed by atoms with Crippen LogP contribution < -0.4 is 5.73 Å². The Bertz CT molecular complexity index is 635. The zero-order chi connectivity index (χ0) is 14.4. The van der Waals surface area contributed by atoms with Gasteiger partial charge in [0, 0.05) is 16.3 Å². The molecule has 0 fully saturated rings. The summed E-state index contributed by atoms with van der Waals surface area (Å²) in [6.07, 6.45) is 0. The number of benzene rings is 1. The lowest BCUT2D eigenvalue weighted by atomic mass is 9.71. The third kappa shape index (κ3) is 2.28. The first-order valence-electron chi connectivity index (χ1n) is 6.16. The highest BCUT2D eigenvalue weighted by molar-refractivity contribution is 6.34. The molecule has 0 bridgehead atoms. The van der Waals surface area contributed by atoms with Gasteiger partial charge in [-0.2, -0.15) is 0 Å². The molecule has 1 aromatic carbocycles. The van der Waals surface area contributed by atoms with Crippen molar-refractivity contribution in [1.29, 1.82) is 0 Å². The molecule has 0 spiro atoms. The molecular formula is C15H18ClNO2. The number of rotatable bonds is 3. The zero-order valence-electron chi connectivity index (χ0n) is 11.6. The molecule has 0 saturated carbocycles. The third-order valence-electron chi connectivity index (χ3n) is 3.90. The van der Waals surface area contributed by atoms with E-state index in [4.69, 9.17) is 21.8 Å². The second-order valence-corrected chi connectivity index (χ2v) is 6.35. The molecule has 3 nitrogen and oxygen atoms in total. The average molecular weight is 280 g/mol. The molecule has 102 valence electrons. The monoisotopic (exact) mass is 279 g/mol. The van der Waals surface area contributed by atoms with Gasteiger partial charge in [-0.25, -0.2) is 0 Å². The van der Waals surface area contributed by atoms with Crippen LogP contribution in [0, 0.1) is 5.41 Å². The summed E-state index contributed by atoms with van der Waals surface area (Å²) in [6, 6.07) is 7.14. The van der Waals surface area contributed by atoms with Crippen LogP contribution in [0.15, 0.2) is 28.7 Å². The minimum absolute atomic E-state index is 0.118. The molecule has 0 amide bonds. The van der Waals surface area contributed by atoms with Gasteiger partial charge in [0.1, 0.15) is 0 Å². The first-order valence-corrected chi connectivity index (χ1v) is 6.54. The molecular weight excluding hydrogens is 262 g/mol. The first kappa shape index (κ1) is 14.1. The average Bonchev–Trinajstić information content (AvgIpc) is 2.71. The largest absolute Gasteiger partial charge is 0.451 e. The number of para-hydroxylation sites is 1. The highest BCUT2D eigenvalue weighted by Crippen LogP contribution is 2.35. The number of furan rings is 1. The van der Waals surface area contributed by atoms with Crippen LogP contribution in [0.1, 0.15) is 38.2 Å². The Balaban J connectivity index is 2.51. The number of halogens is 1. The number of hydrogen-bond acceptors (Lipinski definition) is 3. The molecule has 0 aliphatic rings. The van der Waals surface area contributed by atoms with Crippen molar-refractivity contribution in [3.05, 3.63) is 35.0 Å². The van der Waals surface area contributed by atoms with Crippen molar-refractivity contribution in [2.45, 2.75) is 33.2 Å². The minimum Gasteiger partial charge on any atom is -0.451 e. The molecule has 0 unspecified atom stereocenters. The van der Waals surface area contributed by atoms with E-state index in [1.807, 2.05) is 39.8 Å². The van der Waals surface area contributed by atoms with Crippen LogP contribution in [-0.4, -0.2) is 11.3 Å². The lowest BCUT2D eigenvalue weighted by Gasteiger charge is -2.36. The Labute approximate surface area is 117 Å². The van der Waals surface area contributed by atoms with Gasteiger partial charge in [-0.3, -0.25) is 4.79 Å². The zero-order valence-corrected chi connectivity index (χ0v) is 12.3.